The predicted molar refractivity (Wildman–Crippen MR) is 205 cm³/mol. The molecular formula is C39H38ClF3N10O5. The average molecular weight is 819 g/mol. The number of aromatic hydroxyl groups is 1. The number of carbonyl (C=O) groups excluding carboxylic acids is 2. The van der Waals surface area contributed by atoms with E-state index in [-0.39, 0.29) is 63.4 Å². The standard InChI is InChI=1S/C39H38ClF3N10O5/c1-20-33(55)31(47-19-46-20)36(57)51-12-8-38(9-13-51)26-15-25(26)32-30(38)35(56)53-37(52(32)16-29(54)48-28-7-4-22(14-27(28)40)39(41,42)43)49-34(50-53)21-2-5-23(6-3-21)44-10-11-45-24-17-58-18-24/h2-7,14,19,24-26,44-45,55H,8-13,15-18H2,1H3,(H,48,54)/t25-,26+/m0/s1. The van der Waals surface area contributed by atoms with E-state index in [2.05, 4.69) is 31.0 Å². The van der Waals surface area contributed by atoms with Gasteiger partial charge < -0.3 is 35.3 Å². The fourth-order valence-electron chi connectivity index (χ4n) is 8.70. The zero-order valence-electron chi connectivity index (χ0n) is 31.1. The van der Waals surface area contributed by atoms with Gasteiger partial charge in [-0.1, -0.05) is 11.6 Å². The number of amides is 2. The second-order valence-corrected chi connectivity index (χ2v) is 15.7. The van der Waals surface area contributed by atoms with Gasteiger partial charge in [0.1, 0.15) is 12.9 Å². The van der Waals surface area contributed by atoms with Gasteiger partial charge in [0.15, 0.2) is 17.3 Å². The molecule has 2 atom stereocenters. The number of anilines is 2. The SMILES string of the molecule is Cc1ncnc(C(=O)N2CCC3(CC2)c2c(n(CC(=O)Nc4ccc(C(F)(F)F)cc4Cl)c4nc(-c5ccc(NCCNC6COC6)cc5)nn4c2=O)[C@H]2C[C@H]23)c1O. The minimum Gasteiger partial charge on any atom is -0.504 e. The Balaban J connectivity index is 1.04. The van der Waals surface area contributed by atoms with Crippen molar-refractivity contribution in [2.45, 2.75) is 56.3 Å². The Morgan fingerprint density at radius 2 is 1.83 bits per heavy atom. The topological polar surface area (TPSA) is 181 Å². The molecule has 1 spiro atoms. The zero-order chi connectivity index (χ0) is 40.5. The van der Waals surface area contributed by atoms with Crippen molar-refractivity contribution < 1.29 is 32.6 Å². The first-order chi connectivity index (χ1) is 27.8. The first kappa shape index (κ1) is 38.0. The molecule has 15 nitrogen and oxygen atoms in total. The molecule has 58 heavy (non-hydrogen) atoms. The summed E-state index contributed by atoms with van der Waals surface area (Å²) in [4.78, 5) is 56.3. The number of hydrogen-bond acceptors (Lipinski definition) is 11. The second kappa shape index (κ2) is 14.4. The lowest BCUT2D eigenvalue weighted by molar-refractivity contribution is -0.137. The van der Waals surface area contributed by atoms with Gasteiger partial charge in [-0.25, -0.2) is 9.97 Å². The fourth-order valence-corrected chi connectivity index (χ4v) is 8.93. The van der Waals surface area contributed by atoms with Gasteiger partial charge in [-0.05, 0) is 74.6 Å². The van der Waals surface area contributed by atoms with Crippen LogP contribution in [0.1, 0.15) is 58.2 Å². The van der Waals surface area contributed by atoms with Crippen molar-refractivity contribution in [2.24, 2.45) is 5.92 Å². The molecule has 4 aliphatic rings. The van der Waals surface area contributed by atoms with Gasteiger partial charge in [-0.3, -0.25) is 14.4 Å². The number of rotatable bonds is 10. The van der Waals surface area contributed by atoms with Crippen molar-refractivity contribution in [1.82, 2.24) is 39.3 Å². The molecule has 2 saturated heterocycles. The number of ether oxygens (including phenoxy) is 1. The highest BCUT2D eigenvalue weighted by molar-refractivity contribution is 6.33. The number of likely N-dealkylation sites (tertiary alicyclic amines) is 1. The smallest absolute Gasteiger partial charge is 0.416 e. The molecule has 2 aromatic carbocycles. The molecule has 2 aliphatic heterocycles. The molecule has 0 radical (unpaired) electrons. The summed E-state index contributed by atoms with van der Waals surface area (Å²) in [5.41, 5.74) is 0.980. The van der Waals surface area contributed by atoms with Gasteiger partial charge in [-0.2, -0.15) is 22.7 Å². The Morgan fingerprint density at radius 1 is 1.07 bits per heavy atom. The zero-order valence-corrected chi connectivity index (χ0v) is 31.9. The Hall–Kier alpha value is -5.59. The van der Waals surface area contributed by atoms with Crippen LogP contribution in [0.4, 0.5) is 24.5 Å². The molecule has 4 N–H and O–H groups in total. The van der Waals surface area contributed by atoms with Crippen LogP contribution in [0.25, 0.3) is 17.2 Å². The maximum Gasteiger partial charge on any atom is 0.416 e. The number of fused-ring (bicyclic) bond motifs is 6. The maximum atomic E-state index is 14.7. The van der Waals surface area contributed by atoms with Crippen LogP contribution in [0, 0.1) is 12.8 Å². The largest absolute Gasteiger partial charge is 0.504 e. The number of halogens is 4. The summed E-state index contributed by atoms with van der Waals surface area (Å²) in [5, 5.41) is 24.3. The molecule has 19 heteroatoms. The van der Waals surface area contributed by atoms with E-state index in [1.54, 1.807) is 16.4 Å². The van der Waals surface area contributed by atoms with Crippen molar-refractivity contribution in [1.29, 1.82) is 0 Å². The van der Waals surface area contributed by atoms with Gasteiger partial charge >= 0.3 is 6.18 Å². The van der Waals surface area contributed by atoms with E-state index >= 15 is 0 Å². The quantitative estimate of drug-likeness (QED) is 0.147. The van der Waals surface area contributed by atoms with Crippen LogP contribution in [-0.2, 0) is 27.7 Å². The Bertz CT molecular complexity index is 2510. The third-order valence-corrected chi connectivity index (χ3v) is 12.1. The number of aromatic nitrogens is 6. The molecule has 9 rings (SSSR count). The Labute approximate surface area is 333 Å². The van der Waals surface area contributed by atoms with Gasteiger partial charge in [0.2, 0.25) is 11.7 Å². The van der Waals surface area contributed by atoms with Gasteiger partial charge in [0, 0.05) is 60.0 Å². The molecule has 2 aliphatic carbocycles. The van der Waals surface area contributed by atoms with Gasteiger partial charge in [-0.15, -0.1) is 5.10 Å². The average Bonchev–Trinajstić information content (AvgIpc) is 3.78. The van der Waals surface area contributed by atoms with Crippen molar-refractivity contribution in [3.05, 3.63) is 92.4 Å². The van der Waals surface area contributed by atoms with E-state index in [0.717, 1.165) is 36.9 Å². The normalized spacial score (nSPS) is 19.5. The van der Waals surface area contributed by atoms with Crippen molar-refractivity contribution in [3.8, 4) is 17.1 Å². The lowest BCUT2D eigenvalue weighted by Crippen LogP contribution is -2.48. The highest BCUT2D eigenvalue weighted by Gasteiger charge is 2.64. The summed E-state index contributed by atoms with van der Waals surface area (Å²) in [6.45, 7) is 4.73. The van der Waals surface area contributed by atoms with Crippen LogP contribution in [-0.4, -0.2) is 96.4 Å². The molecule has 302 valence electrons. The van der Waals surface area contributed by atoms with E-state index < -0.39 is 29.0 Å². The minimum atomic E-state index is -4.61. The van der Waals surface area contributed by atoms with Crippen LogP contribution >= 0.6 is 11.6 Å². The van der Waals surface area contributed by atoms with E-state index in [0.29, 0.717) is 68.6 Å². The number of aryl methyl sites for hydroxylation is 1. The molecule has 5 heterocycles. The van der Waals surface area contributed by atoms with Crippen molar-refractivity contribution in [2.75, 3.05) is 50.0 Å². The number of piperidine rings is 1. The lowest BCUT2D eigenvalue weighted by Gasteiger charge is -2.41. The number of alkyl halides is 3. The molecule has 0 unspecified atom stereocenters. The summed E-state index contributed by atoms with van der Waals surface area (Å²) in [5.74, 6) is -0.883. The third-order valence-electron chi connectivity index (χ3n) is 11.8. The van der Waals surface area contributed by atoms with E-state index in [1.807, 2.05) is 24.3 Å². The first-order valence-electron chi connectivity index (χ1n) is 19.0. The lowest BCUT2D eigenvalue weighted by atomic mass is 9.71. The molecule has 3 aromatic heterocycles. The molecular weight excluding hydrogens is 781 g/mol. The van der Waals surface area contributed by atoms with E-state index in [1.165, 1.54) is 10.8 Å². The second-order valence-electron chi connectivity index (χ2n) is 15.3. The number of nitrogens with one attached hydrogen (secondary N) is 3. The number of carbonyl (C=O) groups is 2. The van der Waals surface area contributed by atoms with Crippen LogP contribution in [0.15, 0.2) is 53.6 Å². The number of benzene rings is 2. The molecule has 5 aromatic rings. The van der Waals surface area contributed by atoms with Crippen molar-refractivity contribution >= 4 is 40.6 Å². The monoisotopic (exact) mass is 818 g/mol. The minimum absolute atomic E-state index is 0.000191. The summed E-state index contributed by atoms with van der Waals surface area (Å²) >= 11 is 6.20. The number of nitrogens with zero attached hydrogens (tertiary/aromatic N) is 7. The summed E-state index contributed by atoms with van der Waals surface area (Å²) in [6, 6.07) is 10.5. The molecule has 1 saturated carbocycles. The highest BCUT2D eigenvalue weighted by atomic mass is 35.5. The van der Waals surface area contributed by atoms with Gasteiger partial charge in [0.05, 0.1) is 41.2 Å². The van der Waals surface area contributed by atoms with Gasteiger partial charge in [0.25, 0.3) is 11.5 Å². The van der Waals surface area contributed by atoms with Crippen LogP contribution in [0.3, 0.4) is 0 Å². The van der Waals surface area contributed by atoms with Crippen molar-refractivity contribution in [3.63, 3.8) is 0 Å². The van der Waals surface area contributed by atoms with Crippen LogP contribution in [0.5, 0.6) is 5.75 Å². The van der Waals surface area contributed by atoms with E-state index in [9.17, 15) is 32.7 Å². The molecule has 0 bridgehead atoms. The van der Waals surface area contributed by atoms with E-state index in [4.69, 9.17) is 21.3 Å². The predicted octanol–water partition coefficient (Wildman–Crippen LogP) is 4.36. The third kappa shape index (κ3) is 6.61. The summed E-state index contributed by atoms with van der Waals surface area (Å²) in [7, 11) is 0. The Morgan fingerprint density at radius 3 is 2.52 bits per heavy atom. The first-order valence-corrected chi connectivity index (χ1v) is 19.4. The highest BCUT2D eigenvalue weighted by Crippen LogP contribution is 2.67. The van der Waals surface area contributed by atoms with Crippen LogP contribution in [0.2, 0.25) is 5.02 Å². The number of hydrogen-bond donors (Lipinski definition) is 4. The fraction of sp³-hybridized carbons (Fsp3) is 0.410. The molecule has 2 amide bonds. The maximum absolute atomic E-state index is 14.7. The Kier molecular flexibility index (Phi) is 9.39. The van der Waals surface area contributed by atoms with Crippen LogP contribution < -0.4 is 21.5 Å². The molecule has 3 fully saturated rings. The summed E-state index contributed by atoms with van der Waals surface area (Å²) in [6.07, 6.45) is -1.73. The summed E-state index contributed by atoms with van der Waals surface area (Å²) < 4.78 is 48.1.